The zero-order chi connectivity index (χ0) is 27.7. The minimum atomic E-state index is -2.94. The molecule has 38 heavy (non-hydrogen) atoms. The number of ether oxygens (including phenoxy) is 1. The average Bonchev–Trinajstić information content (AvgIpc) is 3.31. The van der Waals surface area contributed by atoms with E-state index in [-0.39, 0.29) is 50.6 Å². The summed E-state index contributed by atoms with van der Waals surface area (Å²) < 4.78 is 37.8. The molecule has 1 saturated carbocycles. The molecule has 206 valence electrons. The minimum Gasteiger partial charge on any atom is -0.424 e. The Morgan fingerprint density at radius 1 is 1.13 bits per heavy atom. The zero-order valence-corrected chi connectivity index (χ0v) is 21.2. The van der Waals surface area contributed by atoms with Crippen molar-refractivity contribution in [2.75, 3.05) is 13.7 Å². The Bertz CT molecular complexity index is 1130. The predicted octanol–water partition coefficient (Wildman–Crippen LogP) is 1.25. The molecule has 1 unspecified atom stereocenters. The van der Waals surface area contributed by atoms with E-state index in [0.717, 1.165) is 0 Å². The number of Topliss-reactive ketones (excluding diaryl/α,β-unsaturated/α-hetero) is 1. The highest BCUT2D eigenvalue weighted by Gasteiger charge is 2.40. The van der Waals surface area contributed by atoms with Gasteiger partial charge in [0.15, 0.2) is 0 Å². The summed E-state index contributed by atoms with van der Waals surface area (Å²) >= 11 is 0. The number of rotatable bonds is 12. The van der Waals surface area contributed by atoms with Gasteiger partial charge in [-0.3, -0.25) is 19.2 Å². The summed E-state index contributed by atoms with van der Waals surface area (Å²) in [7, 11) is 1.31. The summed E-state index contributed by atoms with van der Waals surface area (Å²) in [5, 5.41) is 14.8. The van der Waals surface area contributed by atoms with Gasteiger partial charge in [-0.1, -0.05) is 30.3 Å². The Balaban J connectivity index is 1.69. The van der Waals surface area contributed by atoms with E-state index < -0.39 is 53.8 Å². The number of methoxy groups -OCH3 is 1. The second kappa shape index (κ2) is 13.2. The number of nitrogens with zero attached hydrogens (tertiary/aromatic N) is 2. The molecule has 2 aromatic rings. The molecule has 11 nitrogen and oxygen atoms in total. The number of carbonyl (C=O) groups excluding carboxylic acids is 4. The number of alkyl halides is 2. The predicted molar refractivity (Wildman–Crippen MR) is 129 cm³/mol. The largest absolute Gasteiger partial charge is 0.424 e. The lowest BCUT2D eigenvalue weighted by Crippen LogP contribution is -2.56. The van der Waals surface area contributed by atoms with Crippen molar-refractivity contribution in [2.45, 2.75) is 63.6 Å². The highest BCUT2D eigenvalue weighted by atomic mass is 19.3. The van der Waals surface area contributed by atoms with Crippen LogP contribution in [0.5, 0.6) is 0 Å². The smallest absolute Gasteiger partial charge is 0.290 e. The standard InChI is InChI=1S/C25H31F2N5O6/c1-15-31-32-20(38-15)13-28-24(36)21(33)18(11-16-7-4-3-5-8-16)29-23(35)19(14-37-2)30-22(34)17-9-6-10-25(26,27)12-17/h3-5,7-8,17-19H,6,9-14H2,1-2H3,(H,28,36)(H,29,35)(H,30,34)/t17?,18-,19-/m1/s1. The zero-order valence-electron chi connectivity index (χ0n) is 21.2. The molecular formula is C25H31F2N5O6. The number of halogens is 2. The second-order valence-electron chi connectivity index (χ2n) is 9.18. The molecule has 3 rings (SSSR count). The van der Waals surface area contributed by atoms with Crippen molar-refractivity contribution in [3.8, 4) is 0 Å². The molecule has 3 N–H and O–H groups in total. The summed E-state index contributed by atoms with van der Waals surface area (Å²) in [6.07, 6.45) is -0.429. The van der Waals surface area contributed by atoms with E-state index in [4.69, 9.17) is 9.15 Å². The Kier molecular flexibility index (Phi) is 9.99. The van der Waals surface area contributed by atoms with Crippen LogP contribution in [0.1, 0.15) is 43.0 Å². The molecule has 1 aromatic heterocycles. The maximum atomic E-state index is 13.8. The van der Waals surface area contributed by atoms with Gasteiger partial charge in [-0.05, 0) is 18.4 Å². The Morgan fingerprint density at radius 3 is 2.50 bits per heavy atom. The van der Waals surface area contributed by atoms with Crippen LogP contribution < -0.4 is 16.0 Å². The third kappa shape index (κ3) is 8.40. The molecule has 1 aliphatic carbocycles. The molecule has 0 bridgehead atoms. The van der Waals surface area contributed by atoms with E-state index in [2.05, 4.69) is 26.1 Å². The number of benzene rings is 1. The van der Waals surface area contributed by atoms with Crippen molar-refractivity contribution < 1.29 is 37.1 Å². The van der Waals surface area contributed by atoms with Crippen molar-refractivity contribution >= 4 is 23.5 Å². The molecule has 0 saturated heterocycles. The number of hydrogen-bond donors (Lipinski definition) is 3. The highest BCUT2D eigenvalue weighted by Crippen LogP contribution is 2.36. The van der Waals surface area contributed by atoms with Crippen LogP contribution in [0.25, 0.3) is 0 Å². The van der Waals surface area contributed by atoms with Crippen LogP contribution in [-0.2, 0) is 36.9 Å². The quantitative estimate of drug-likeness (QED) is 0.344. The van der Waals surface area contributed by atoms with Gasteiger partial charge in [-0.15, -0.1) is 10.2 Å². The van der Waals surface area contributed by atoms with E-state index in [1.54, 1.807) is 37.3 Å². The lowest BCUT2D eigenvalue weighted by Gasteiger charge is -2.29. The number of carbonyl (C=O) groups is 4. The van der Waals surface area contributed by atoms with Gasteiger partial charge >= 0.3 is 0 Å². The van der Waals surface area contributed by atoms with E-state index in [9.17, 15) is 28.0 Å². The van der Waals surface area contributed by atoms with Crippen LogP contribution in [0.15, 0.2) is 34.7 Å². The van der Waals surface area contributed by atoms with Crippen molar-refractivity contribution in [3.05, 3.63) is 47.7 Å². The van der Waals surface area contributed by atoms with Crippen LogP contribution in [0.4, 0.5) is 8.78 Å². The fraction of sp³-hybridized carbons (Fsp3) is 0.520. The number of amides is 3. The van der Waals surface area contributed by atoms with Gasteiger partial charge in [-0.25, -0.2) is 8.78 Å². The number of aromatic nitrogens is 2. The molecule has 3 amide bonds. The maximum absolute atomic E-state index is 13.8. The fourth-order valence-electron chi connectivity index (χ4n) is 4.18. The van der Waals surface area contributed by atoms with Gasteiger partial charge in [0, 0.05) is 39.2 Å². The Morgan fingerprint density at radius 2 is 1.87 bits per heavy atom. The molecule has 0 aliphatic heterocycles. The van der Waals surface area contributed by atoms with Crippen LogP contribution in [-0.4, -0.2) is 65.4 Å². The third-order valence-electron chi connectivity index (χ3n) is 6.08. The second-order valence-corrected chi connectivity index (χ2v) is 9.18. The van der Waals surface area contributed by atoms with E-state index in [0.29, 0.717) is 5.56 Å². The molecular weight excluding hydrogens is 504 g/mol. The van der Waals surface area contributed by atoms with Crippen LogP contribution >= 0.6 is 0 Å². The van der Waals surface area contributed by atoms with Gasteiger partial charge in [0.2, 0.25) is 35.3 Å². The Hall–Kier alpha value is -3.74. The van der Waals surface area contributed by atoms with Gasteiger partial charge < -0.3 is 25.1 Å². The topological polar surface area (TPSA) is 153 Å². The molecule has 0 radical (unpaired) electrons. The van der Waals surface area contributed by atoms with Crippen molar-refractivity contribution in [1.29, 1.82) is 0 Å². The molecule has 1 heterocycles. The molecule has 1 aromatic carbocycles. The summed E-state index contributed by atoms with van der Waals surface area (Å²) in [6.45, 7) is 1.12. The first kappa shape index (κ1) is 28.8. The van der Waals surface area contributed by atoms with Gasteiger partial charge in [0.05, 0.1) is 13.2 Å². The molecule has 0 spiro atoms. The lowest BCUT2D eigenvalue weighted by atomic mass is 9.86. The van der Waals surface area contributed by atoms with Crippen LogP contribution in [0.3, 0.4) is 0 Å². The summed E-state index contributed by atoms with van der Waals surface area (Å²) in [4.78, 5) is 51.4. The van der Waals surface area contributed by atoms with E-state index in [1.807, 2.05) is 0 Å². The van der Waals surface area contributed by atoms with E-state index in [1.165, 1.54) is 7.11 Å². The van der Waals surface area contributed by atoms with E-state index >= 15 is 0 Å². The SMILES string of the molecule is COC[C@@H](NC(=O)C1CCCC(F)(F)C1)C(=O)N[C@H](Cc1ccccc1)C(=O)C(=O)NCc1nnc(C)o1. The number of ketones is 1. The van der Waals surface area contributed by atoms with Crippen molar-refractivity contribution in [1.82, 2.24) is 26.1 Å². The average molecular weight is 536 g/mol. The molecule has 1 fully saturated rings. The maximum Gasteiger partial charge on any atom is 0.290 e. The monoisotopic (exact) mass is 535 g/mol. The first-order valence-electron chi connectivity index (χ1n) is 12.2. The number of aryl methyl sites for hydroxylation is 1. The van der Waals surface area contributed by atoms with Gasteiger partial charge in [-0.2, -0.15) is 0 Å². The highest BCUT2D eigenvalue weighted by molar-refractivity contribution is 6.38. The molecule has 13 heteroatoms. The van der Waals surface area contributed by atoms with Gasteiger partial charge in [0.25, 0.3) is 5.91 Å². The minimum absolute atomic E-state index is 0.0129. The third-order valence-corrected chi connectivity index (χ3v) is 6.08. The first-order valence-corrected chi connectivity index (χ1v) is 12.2. The van der Waals surface area contributed by atoms with Crippen molar-refractivity contribution in [2.24, 2.45) is 5.92 Å². The van der Waals surface area contributed by atoms with Crippen LogP contribution in [0.2, 0.25) is 0 Å². The first-order chi connectivity index (χ1) is 18.1. The lowest BCUT2D eigenvalue weighted by molar-refractivity contribution is -0.141. The summed E-state index contributed by atoms with van der Waals surface area (Å²) in [6, 6.07) is 6.15. The number of nitrogens with one attached hydrogen (secondary N) is 3. The normalized spacial score (nSPS) is 18.2. The fourth-order valence-corrected chi connectivity index (χ4v) is 4.18. The molecule has 3 atom stereocenters. The number of hydrogen-bond acceptors (Lipinski definition) is 8. The Labute approximate surface area is 218 Å². The van der Waals surface area contributed by atoms with Crippen molar-refractivity contribution in [3.63, 3.8) is 0 Å². The van der Waals surface area contributed by atoms with Gasteiger partial charge in [0.1, 0.15) is 12.1 Å². The summed E-state index contributed by atoms with van der Waals surface area (Å²) in [5.41, 5.74) is 0.670. The van der Waals surface area contributed by atoms with Crippen LogP contribution in [0, 0.1) is 12.8 Å². The summed E-state index contributed by atoms with van der Waals surface area (Å²) in [5.74, 6) is -6.92. The molecule has 1 aliphatic rings.